The number of unbranched alkanes of at least 4 members (excludes halogenated alkanes) is 4. The van der Waals surface area contributed by atoms with Crippen molar-refractivity contribution in [2.24, 2.45) is 0 Å². The Kier molecular flexibility index (Phi) is 11.4. The molecule has 5 nitrogen and oxygen atoms in total. The van der Waals surface area contributed by atoms with E-state index in [-0.39, 0.29) is 23.8 Å². The molecule has 0 aromatic carbocycles. The van der Waals surface area contributed by atoms with Gasteiger partial charge >= 0.3 is 0 Å². The molecule has 0 unspecified atom stereocenters. The third-order valence-electron chi connectivity index (χ3n) is 3.28. The van der Waals surface area contributed by atoms with Gasteiger partial charge in [-0.2, -0.15) is 4.98 Å². The molecule has 0 saturated carbocycles. The highest BCUT2D eigenvalue weighted by molar-refractivity contribution is 7.99. The molecule has 22 heavy (non-hydrogen) atoms. The summed E-state index contributed by atoms with van der Waals surface area (Å²) in [6.07, 6.45) is 6.22. The summed E-state index contributed by atoms with van der Waals surface area (Å²) in [5.41, 5.74) is 0.216. The van der Waals surface area contributed by atoms with Crippen LogP contribution in [-0.4, -0.2) is 46.4 Å². The number of hydrogen-bond donors (Lipinski definition) is 2. The van der Waals surface area contributed by atoms with Gasteiger partial charge in [-0.25, -0.2) is 0 Å². The van der Waals surface area contributed by atoms with E-state index in [4.69, 9.17) is 0 Å². The lowest BCUT2D eigenvalue weighted by atomic mass is 10.1. The Morgan fingerprint density at radius 3 is 2.50 bits per heavy atom. The Bertz CT molecular complexity index is 480. The van der Waals surface area contributed by atoms with Crippen LogP contribution in [0, 0.1) is 0 Å². The van der Waals surface area contributed by atoms with E-state index in [9.17, 15) is 9.90 Å². The summed E-state index contributed by atoms with van der Waals surface area (Å²) in [7, 11) is 3.99. The normalized spacial score (nSPS) is 10.7. The van der Waals surface area contributed by atoms with Gasteiger partial charge < -0.3 is 15.0 Å². The van der Waals surface area contributed by atoms with Gasteiger partial charge in [0.25, 0.3) is 5.56 Å². The first-order valence-electron chi connectivity index (χ1n) is 7.64. The summed E-state index contributed by atoms with van der Waals surface area (Å²) in [5.74, 6) is 0.716. The molecule has 0 atom stereocenters. The number of H-pyrrole nitrogens is 1. The molecule has 0 saturated heterocycles. The Labute approximate surface area is 143 Å². The number of halogens is 1. The standard InChI is InChI=1S/C15H27N3O2S.ClH/c1-4-5-6-7-8-9-12-13(19)16-15(17-14(12)20)21-11-10-18(2)3;/h4-11H2,1-3H3,(H2,16,17,19,20);1H. The molecular weight excluding hydrogens is 322 g/mol. The topological polar surface area (TPSA) is 69.2 Å². The molecule has 1 rings (SSSR count). The molecule has 1 heterocycles. The Balaban J connectivity index is 0.00000441. The zero-order chi connectivity index (χ0) is 15.7. The van der Waals surface area contributed by atoms with E-state index in [0.29, 0.717) is 17.1 Å². The Hall–Kier alpha value is -0.720. The van der Waals surface area contributed by atoms with Crippen LogP contribution in [0.25, 0.3) is 0 Å². The van der Waals surface area contributed by atoms with Gasteiger partial charge in [0.15, 0.2) is 5.16 Å². The molecular formula is C15H28ClN3O2S. The first kappa shape index (κ1) is 21.3. The molecule has 0 spiro atoms. The highest BCUT2D eigenvalue weighted by Gasteiger charge is 2.10. The van der Waals surface area contributed by atoms with Crippen LogP contribution in [0.5, 0.6) is 5.88 Å². The van der Waals surface area contributed by atoms with Crippen molar-refractivity contribution in [1.29, 1.82) is 0 Å². The molecule has 0 fully saturated rings. The lowest BCUT2D eigenvalue weighted by Gasteiger charge is -2.09. The van der Waals surface area contributed by atoms with Crippen molar-refractivity contribution in [3.05, 3.63) is 15.9 Å². The predicted molar refractivity (Wildman–Crippen MR) is 95.5 cm³/mol. The van der Waals surface area contributed by atoms with Gasteiger partial charge in [-0.1, -0.05) is 44.4 Å². The minimum atomic E-state index is -0.203. The zero-order valence-electron chi connectivity index (χ0n) is 13.7. The summed E-state index contributed by atoms with van der Waals surface area (Å²) < 4.78 is 0. The molecule has 0 aliphatic carbocycles. The van der Waals surface area contributed by atoms with E-state index in [0.717, 1.165) is 25.1 Å². The van der Waals surface area contributed by atoms with Gasteiger partial charge in [0.1, 0.15) is 0 Å². The lowest BCUT2D eigenvalue weighted by Crippen LogP contribution is -2.17. The smallest absolute Gasteiger partial charge is 0.258 e. The van der Waals surface area contributed by atoms with Gasteiger partial charge in [0, 0.05) is 12.3 Å². The van der Waals surface area contributed by atoms with Crippen molar-refractivity contribution in [2.45, 2.75) is 50.6 Å². The highest BCUT2D eigenvalue weighted by Crippen LogP contribution is 2.18. The third kappa shape index (κ3) is 8.06. The number of nitrogens with one attached hydrogen (secondary N) is 1. The second-order valence-corrected chi connectivity index (χ2v) is 6.57. The van der Waals surface area contributed by atoms with E-state index in [1.54, 1.807) is 0 Å². The number of thioether (sulfide) groups is 1. The third-order valence-corrected chi connectivity index (χ3v) is 4.13. The molecule has 7 heteroatoms. The van der Waals surface area contributed by atoms with Gasteiger partial charge in [-0.15, -0.1) is 12.4 Å². The maximum atomic E-state index is 12.0. The number of nitrogens with zero attached hydrogens (tertiary/aromatic N) is 2. The summed E-state index contributed by atoms with van der Waals surface area (Å²) >= 11 is 1.45. The average Bonchev–Trinajstić information content (AvgIpc) is 2.40. The number of aromatic nitrogens is 2. The van der Waals surface area contributed by atoms with Gasteiger partial charge in [0.05, 0.1) is 5.56 Å². The molecule has 0 radical (unpaired) electrons. The molecule has 0 aliphatic rings. The fourth-order valence-corrected chi connectivity index (χ4v) is 2.96. The maximum Gasteiger partial charge on any atom is 0.258 e. The molecule has 0 bridgehead atoms. The van der Waals surface area contributed by atoms with Crippen molar-refractivity contribution < 1.29 is 5.11 Å². The molecule has 1 aromatic rings. The predicted octanol–water partition coefficient (Wildman–Crippen LogP) is 3.06. The van der Waals surface area contributed by atoms with Crippen LogP contribution in [0.4, 0.5) is 0 Å². The molecule has 2 N–H and O–H groups in total. The van der Waals surface area contributed by atoms with Gasteiger partial charge in [-0.3, -0.25) is 4.79 Å². The van der Waals surface area contributed by atoms with Crippen LogP contribution in [-0.2, 0) is 6.42 Å². The van der Waals surface area contributed by atoms with E-state index in [1.807, 2.05) is 14.1 Å². The molecule has 128 valence electrons. The van der Waals surface area contributed by atoms with Gasteiger partial charge in [0.2, 0.25) is 5.88 Å². The minimum absolute atomic E-state index is 0. The number of aromatic hydroxyl groups is 1. The van der Waals surface area contributed by atoms with Crippen molar-refractivity contribution in [1.82, 2.24) is 14.9 Å². The monoisotopic (exact) mass is 349 g/mol. The van der Waals surface area contributed by atoms with Gasteiger partial charge in [-0.05, 0) is 26.9 Å². The van der Waals surface area contributed by atoms with E-state index < -0.39 is 0 Å². The summed E-state index contributed by atoms with van der Waals surface area (Å²) in [5, 5.41) is 10.4. The first-order chi connectivity index (χ1) is 10.0. The van der Waals surface area contributed by atoms with E-state index >= 15 is 0 Å². The first-order valence-corrected chi connectivity index (χ1v) is 8.62. The van der Waals surface area contributed by atoms with Crippen molar-refractivity contribution >= 4 is 24.2 Å². The van der Waals surface area contributed by atoms with E-state index in [1.165, 1.54) is 31.0 Å². The van der Waals surface area contributed by atoms with Crippen molar-refractivity contribution in [2.75, 3.05) is 26.4 Å². The molecule has 0 aliphatic heterocycles. The molecule has 0 amide bonds. The Morgan fingerprint density at radius 2 is 1.91 bits per heavy atom. The van der Waals surface area contributed by atoms with Crippen LogP contribution < -0.4 is 5.56 Å². The fourth-order valence-electron chi connectivity index (χ4n) is 1.99. The van der Waals surface area contributed by atoms with Crippen LogP contribution in [0.3, 0.4) is 0 Å². The number of aromatic amines is 1. The van der Waals surface area contributed by atoms with Crippen molar-refractivity contribution in [3.63, 3.8) is 0 Å². The van der Waals surface area contributed by atoms with Crippen LogP contribution in [0.15, 0.2) is 9.95 Å². The highest BCUT2D eigenvalue weighted by atomic mass is 35.5. The van der Waals surface area contributed by atoms with Crippen LogP contribution in [0.1, 0.15) is 44.6 Å². The molecule has 1 aromatic heterocycles. The summed E-state index contributed by atoms with van der Waals surface area (Å²) in [6, 6.07) is 0. The zero-order valence-corrected chi connectivity index (χ0v) is 15.4. The number of hydrogen-bond acceptors (Lipinski definition) is 5. The average molecular weight is 350 g/mol. The quantitative estimate of drug-likeness (QED) is 0.386. The largest absolute Gasteiger partial charge is 0.493 e. The van der Waals surface area contributed by atoms with Crippen LogP contribution >= 0.6 is 24.2 Å². The lowest BCUT2D eigenvalue weighted by molar-refractivity contribution is 0.432. The second kappa shape index (κ2) is 11.8. The van der Waals surface area contributed by atoms with Crippen molar-refractivity contribution in [3.8, 4) is 5.88 Å². The Morgan fingerprint density at radius 1 is 1.23 bits per heavy atom. The second-order valence-electron chi connectivity index (χ2n) is 5.49. The maximum absolute atomic E-state index is 12.0. The minimum Gasteiger partial charge on any atom is -0.493 e. The fraction of sp³-hybridized carbons (Fsp3) is 0.733. The number of rotatable bonds is 10. The summed E-state index contributed by atoms with van der Waals surface area (Å²) in [6.45, 7) is 3.07. The SMILES string of the molecule is CCCCCCCc1c(O)nc(SCCN(C)C)[nH]c1=O.Cl. The summed E-state index contributed by atoms with van der Waals surface area (Å²) in [4.78, 5) is 20.9. The van der Waals surface area contributed by atoms with E-state index in [2.05, 4.69) is 21.8 Å². The van der Waals surface area contributed by atoms with Crippen LogP contribution in [0.2, 0.25) is 0 Å².